The van der Waals surface area contributed by atoms with E-state index in [1.165, 1.54) is 0 Å². The van der Waals surface area contributed by atoms with Gasteiger partial charge in [-0.2, -0.15) is 0 Å². The van der Waals surface area contributed by atoms with Crippen molar-refractivity contribution in [2.75, 3.05) is 44.3 Å². The molecular weight excluding hydrogens is 360 g/mol. The third-order valence-electron chi connectivity index (χ3n) is 5.30. The molecular formula is C25H26N2O2. The van der Waals surface area contributed by atoms with E-state index < -0.39 is 0 Å². The monoisotopic (exact) mass is 386 g/mol. The predicted octanol–water partition coefficient (Wildman–Crippen LogP) is 4.33. The van der Waals surface area contributed by atoms with Gasteiger partial charge in [-0.25, -0.2) is 0 Å². The van der Waals surface area contributed by atoms with Gasteiger partial charge >= 0.3 is 0 Å². The fraction of sp³-hybridized carbons (Fsp3) is 0.240. The second kappa shape index (κ2) is 9.50. The smallest absolute Gasteiger partial charge is 0.258 e. The second-order valence-corrected chi connectivity index (χ2v) is 7.19. The highest BCUT2D eigenvalue weighted by atomic mass is 16.5. The van der Waals surface area contributed by atoms with Crippen molar-refractivity contribution in [2.45, 2.75) is 0 Å². The molecule has 1 aliphatic rings. The summed E-state index contributed by atoms with van der Waals surface area (Å²) in [6, 6.07) is 28.0. The average molecular weight is 386 g/mol. The van der Waals surface area contributed by atoms with Gasteiger partial charge in [0.25, 0.3) is 5.91 Å². The van der Waals surface area contributed by atoms with E-state index in [4.69, 9.17) is 4.74 Å². The highest BCUT2D eigenvalue weighted by Crippen LogP contribution is 2.22. The first-order valence-corrected chi connectivity index (χ1v) is 10.1. The summed E-state index contributed by atoms with van der Waals surface area (Å²) in [6.07, 6.45) is 0. The second-order valence-electron chi connectivity index (χ2n) is 7.19. The number of hydrogen-bond donors (Lipinski definition) is 0. The maximum Gasteiger partial charge on any atom is 0.258 e. The van der Waals surface area contributed by atoms with Crippen LogP contribution in [0, 0.1) is 0 Å². The van der Waals surface area contributed by atoms with Gasteiger partial charge < -0.3 is 9.64 Å². The van der Waals surface area contributed by atoms with Gasteiger partial charge in [0.05, 0.1) is 13.2 Å². The molecule has 1 saturated heterocycles. The summed E-state index contributed by atoms with van der Waals surface area (Å²) in [5.74, 6) is 0.0315. The van der Waals surface area contributed by atoms with Crippen LogP contribution in [0.2, 0.25) is 0 Å². The maximum atomic E-state index is 13.3. The zero-order valence-corrected chi connectivity index (χ0v) is 16.5. The van der Waals surface area contributed by atoms with E-state index in [1.54, 1.807) is 0 Å². The molecule has 0 spiro atoms. The molecule has 0 radical (unpaired) electrons. The van der Waals surface area contributed by atoms with Gasteiger partial charge in [-0.3, -0.25) is 9.69 Å². The van der Waals surface area contributed by atoms with Crippen LogP contribution in [0.5, 0.6) is 0 Å². The molecule has 0 atom stereocenters. The van der Waals surface area contributed by atoms with Crippen molar-refractivity contribution in [3.63, 3.8) is 0 Å². The molecule has 29 heavy (non-hydrogen) atoms. The van der Waals surface area contributed by atoms with Gasteiger partial charge in [0, 0.05) is 37.4 Å². The van der Waals surface area contributed by atoms with Crippen LogP contribution >= 0.6 is 0 Å². The quantitative estimate of drug-likeness (QED) is 0.632. The summed E-state index contributed by atoms with van der Waals surface area (Å²) >= 11 is 0. The van der Waals surface area contributed by atoms with E-state index in [1.807, 2.05) is 77.7 Å². The van der Waals surface area contributed by atoms with Crippen LogP contribution in [0.25, 0.3) is 11.1 Å². The molecule has 0 aliphatic carbocycles. The summed E-state index contributed by atoms with van der Waals surface area (Å²) < 4.78 is 5.43. The molecule has 0 bridgehead atoms. The van der Waals surface area contributed by atoms with Crippen molar-refractivity contribution in [3.8, 4) is 11.1 Å². The van der Waals surface area contributed by atoms with Crippen molar-refractivity contribution in [1.82, 2.24) is 4.90 Å². The molecule has 0 saturated carbocycles. The van der Waals surface area contributed by atoms with Gasteiger partial charge in [-0.15, -0.1) is 0 Å². The van der Waals surface area contributed by atoms with Gasteiger partial charge in [-0.1, -0.05) is 60.7 Å². The number of carbonyl (C=O) groups is 1. The van der Waals surface area contributed by atoms with Crippen LogP contribution in [0.3, 0.4) is 0 Å². The van der Waals surface area contributed by atoms with E-state index in [9.17, 15) is 4.79 Å². The molecule has 4 heteroatoms. The van der Waals surface area contributed by atoms with E-state index in [-0.39, 0.29) is 5.91 Å². The number of morpholine rings is 1. The van der Waals surface area contributed by atoms with E-state index in [0.717, 1.165) is 49.7 Å². The Morgan fingerprint density at radius 2 is 1.38 bits per heavy atom. The van der Waals surface area contributed by atoms with Crippen molar-refractivity contribution in [2.24, 2.45) is 0 Å². The molecule has 1 amide bonds. The van der Waals surface area contributed by atoms with E-state index >= 15 is 0 Å². The van der Waals surface area contributed by atoms with Gasteiger partial charge in [0.1, 0.15) is 0 Å². The molecule has 0 N–H and O–H groups in total. The molecule has 0 unspecified atom stereocenters. The third-order valence-corrected chi connectivity index (χ3v) is 5.30. The van der Waals surface area contributed by atoms with Crippen LogP contribution in [0.1, 0.15) is 10.4 Å². The van der Waals surface area contributed by atoms with Gasteiger partial charge in [0.2, 0.25) is 0 Å². The van der Waals surface area contributed by atoms with Crippen molar-refractivity contribution in [3.05, 3.63) is 90.5 Å². The summed E-state index contributed by atoms with van der Waals surface area (Å²) in [4.78, 5) is 17.6. The lowest BCUT2D eigenvalue weighted by molar-refractivity contribution is 0.0391. The first kappa shape index (κ1) is 19.4. The Hall–Kier alpha value is -2.95. The largest absolute Gasteiger partial charge is 0.379 e. The maximum absolute atomic E-state index is 13.3. The van der Waals surface area contributed by atoms with Crippen LogP contribution in [-0.4, -0.2) is 50.2 Å². The van der Waals surface area contributed by atoms with E-state index in [0.29, 0.717) is 12.1 Å². The number of amides is 1. The number of anilines is 1. The Morgan fingerprint density at radius 3 is 2.03 bits per heavy atom. The fourth-order valence-electron chi connectivity index (χ4n) is 3.61. The number of benzene rings is 3. The molecule has 4 nitrogen and oxygen atoms in total. The molecule has 3 aromatic rings. The van der Waals surface area contributed by atoms with Crippen LogP contribution in [-0.2, 0) is 4.74 Å². The minimum absolute atomic E-state index is 0.0315. The Bertz CT molecular complexity index is 905. The van der Waals surface area contributed by atoms with Crippen LogP contribution < -0.4 is 4.90 Å². The third kappa shape index (κ3) is 4.91. The molecule has 1 heterocycles. The minimum Gasteiger partial charge on any atom is -0.379 e. The van der Waals surface area contributed by atoms with Gasteiger partial charge in [0.15, 0.2) is 0 Å². The fourth-order valence-corrected chi connectivity index (χ4v) is 3.61. The highest BCUT2D eigenvalue weighted by molar-refractivity contribution is 6.06. The Kier molecular flexibility index (Phi) is 6.35. The molecule has 3 aromatic carbocycles. The number of ether oxygens (including phenoxy) is 1. The lowest BCUT2D eigenvalue weighted by atomic mass is 10.0. The van der Waals surface area contributed by atoms with Crippen molar-refractivity contribution in [1.29, 1.82) is 0 Å². The topological polar surface area (TPSA) is 32.8 Å². The lowest BCUT2D eigenvalue weighted by Crippen LogP contribution is -2.43. The summed E-state index contributed by atoms with van der Waals surface area (Å²) in [6.45, 7) is 4.86. The normalized spacial score (nSPS) is 14.5. The van der Waals surface area contributed by atoms with E-state index in [2.05, 4.69) is 17.0 Å². The number of hydrogen-bond acceptors (Lipinski definition) is 3. The first-order chi connectivity index (χ1) is 14.3. The standard InChI is InChI=1S/C25H26N2O2/c28-25(23-13-11-22(12-14-23)21-7-3-1-4-8-21)27(24-9-5-2-6-10-24)16-15-26-17-19-29-20-18-26/h1-14H,15-20H2. The first-order valence-electron chi connectivity index (χ1n) is 10.1. The average Bonchev–Trinajstić information content (AvgIpc) is 2.81. The van der Waals surface area contributed by atoms with Crippen molar-refractivity contribution < 1.29 is 9.53 Å². The predicted molar refractivity (Wildman–Crippen MR) is 117 cm³/mol. The Labute approximate surface area is 172 Å². The molecule has 0 aromatic heterocycles. The Morgan fingerprint density at radius 1 is 0.793 bits per heavy atom. The number of para-hydroxylation sites is 1. The van der Waals surface area contributed by atoms with Crippen molar-refractivity contribution >= 4 is 11.6 Å². The molecule has 148 valence electrons. The SMILES string of the molecule is O=C(c1ccc(-c2ccccc2)cc1)N(CCN1CCOCC1)c1ccccc1. The number of nitrogens with zero attached hydrogens (tertiary/aromatic N) is 2. The summed E-state index contributed by atoms with van der Waals surface area (Å²) in [7, 11) is 0. The summed E-state index contributed by atoms with van der Waals surface area (Å²) in [5.41, 5.74) is 3.90. The van der Waals surface area contributed by atoms with Gasteiger partial charge in [-0.05, 0) is 35.4 Å². The highest BCUT2D eigenvalue weighted by Gasteiger charge is 2.19. The molecule has 1 fully saturated rings. The van der Waals surface area contributed by atoms with Crippen LogP contribution in [0.15, 0.2) is 84.9 Å². The molecule has 4 rings (SSSR count). The lowest BCUT2D eigenvalue weighted by Gasteiger charge is -2.30. The Balaban J connectivity index is 1.52. The number of rotatable bonds is 6. The summed E-state index contributed by atoms with van der Waals surface area (Å²) in [5, 5.41) is 0. The minimum atomic E-state index is 0.0315. The molecule has 1 aliphatic heterocycles. The zero-order chi connectivity index (χ0) is 19.9. The van der Waals surface area contributed by atoms with Crippen LogP contribution in [0.4, 0.5) is 5.69 Å². The zero-order valence-electron chi connectivity index (χ0n) is 16.5. The number of carbonyl (C=O) groups excluding carboxylic acids is 1.